The van der Waals surface area contributed by atoms with Crippen molar-refractivity contribution in [2.75, 3.05) is 5.32 Å². The maximum Gasteiger partial charge on any atom is 0.316 e. The van der Waals surface area contributed by atoms with Gasteiger partial charge in [0.2, 0.25) is 0 Å². The molecule has 0 aliphatic carbocycles. The first-order valence-corrected chi connectivity index (χ1v) is 6.79. The molecule has 0 saturated carbocycles. The number of primary amides is 1. The third-order valence-electron chi connectivity index (χ3n) is 3.21. The Balaban J connectivity index is 2.05. The Bertz CT molecular complexity index is 733. The van der Waals surface area contributed by atoms with E-state index in [-0.39, 0.29) is 11.6 Å². The molecule has 0 fully saturated rings. The second-order valence-electron chi connectivity index (χ2n) is 4.94. The second kappa shape index (κ2) is 6.87. The number of amides is 3. The van der Waals surface area contributed by atoms with Crippen molar-refractivity contribution in [1.29, 1.82) is 0 Å². The zero-order valence-corrected chi connectivity index (χ0v) is 12.3. The lowest BCUT2D eigenvalue weighted by Crippen LogP contribution is -2.26. The Kier molecular flexibility index (Phi) is 4.90. The molecule has 120 valence electrons. The molecule has 0 aliphatic heterocycles. The van der Waals surface area contributed by atoms with Gasteiger partial charge in [-0.25, -0.2) is 13.6 Å². The van der Waals surface area contributed by atoms with Crippen molar-refractivity contribution in [3.8, 4) is 0 Å². The lowest BCUT2D eigenvalue weighted by molar-refractivity contribution is 0.0939. The highest BCUT2D eigenvalue weighted by Gasteiger charge is 2.13. The van der Waals surface area contributed by atoms with E-state index in [1.807, 2.05) is 0 Å². The van der Waals surface area contributed by atoms with Crippen LogP contribution in [-0.2, 0) is 0 Å². The van der Waals surface area contributed by atoms with Crippen LogP contribution in [0, 0.1) is 11.6 Å². The molecule has 23 heavy (non-hydrogen) atoms. The smallest absolute Gasteiger partial charge is 0.316 e. The lowest BCUT2D eigenvalue weighted by Gasteiger charge is -2.15. The minimum Gasteiger partial charge on any atom is -0.351 e. The van der Waals surface area contributed by atoms with Crippen molar-refractivity contribution in [3.63, 3.8) is 0 Å². The van der Waals surface area contributed by atoms with E-state index in [0.29, 0.717) is 5.69 Å². The Morgan fingerprint density at radius 3 is 2.26 bits per heavy atom. The average Bonchev–Trinajstić information content (AvgIpc) is 2.50. The topological polar surface area (TPSA) is 84.2 Å². The van der Waals surface area contributed by atoms with Crippen molar-refractivity contribution < 1.29 is 18.4 Å². The van der Waals surface area contributed by atoms with Gasteiger partial charge in [0.15, 0.2) is 11.6 Å². The van der Waals surface area contributed by atoms with E-state index in [9.17, 15) is 18.4 Å². The number of hydrogen-bond donors (Lipinski definition) is 3. The maximum absolute atomic E-state index is 13.1. The molecule has 7 heteroatoms. The fraction of sp³-hybridized carbons (Fsp3) is 0.125. The number of hydrogen-bond acceptors (Lipinski definition) is 2. The highest BCUT2D eigenvalue weighted by atomic mass is 19.2. The molecule has 2 aromatic carbocycles. The van der Waals surface area contributed by atoms with Crippen LogP contribution in [0.15, 0.2) is 42.5 Å². The molecule has 0 heterocycles. The summed E-state index contributed by atoms with van der Waals surface area (Å²) in [5, 5.41) is 5.10. The van der Waals surface area contributed by atoms with Gasteiger partial charge >= 0.3 is 6.03 Å². The molecular weight excluding hydrogens is 304 g/mol. The van der Waals surface area contributed by atoms with Gasteiger partial charge in [-0.15, -0.1) is 0 Å². The zero-order valence-electron chi connectivity index (χ0n) is 12.3. The number of carbonyl (C=O) groups excluding carboxylic acids is 2. The standard InChI is InChI=1S/C16H15F2N3O2/c1-9(10-2-5-12(6-3-10)21-16(19)23)20-15(22)11-4-7-13(17)14(18)8-11/h2-9H,1H3,(H,20,22)(H3,19,21,23)/t9-/m0/s1. The first kappa shape index (κ1) is 16.4. The first-order chi connectivity index (χ1) is 10.9. The van der Waals surface area contributed by atoms with Crippen molar-refractivity contribution in [1.82, 2.24) is 5.32 Å². The average molecular weight is 319 g/mol. The normalized spacial score (nSPS) is 11.6. The van der Waals surface area contributed by atoms with Crippen molar-refractivity contribution in [2.24, 2.45) is 5.73 Å². The molecule has 2 rings (SSSR count). The van der Waals surface area contributed by atoms with E-state index in [1.165, 1.54) is 6.07 Å². The van der Waals surface area contributed by atoms with Gasteiger partial charge in [0, 0.05) is 11.3 Å². The van der Waals surface area contributed by atoms with Crippen LogP contribution in [0.2, 0.25) is 0 Å². The SMILES string of the molecule is C[C@H](NC(=O)c1ccc(F)c(F)c1)c1ccc(NC(N)=O)cc1. The number of benzene rings is 2. The highest BCUT2D eigenvalue weighted by Crippen LogP contribution is 2.17. The summed E-state index contributed by atoms with van der Waals surface area (Å²) in [4.78, 5) is 22.8. The second-order valence-corrected chi connectivity index (χ2v) is 4.94. The summed E-state index contributed by atoms with van der Waals surface area (Å²) in [7, 11) is 0. The molecule has 3 amide bonds. The molecule has 0 spiro atoms. The summed E-state index contributed by atoms with van der Waals surface area (Å²) in [5.41, 5.74) is 6.34. The molecular formula is C16H15F2N3O2. The van der Waals surface area contributed by atoms with Gasteiger partial charge in [-0.05, 0) is 42.8 Å². The van der Waals surface area contributed by atoms with Crippen LogP contribution in [0.4, 0.5) is 19.3 Å². The van der Waals surface area contributed by atoms with Crippen LogP contribution >= 0.6 is 0 Å². The number of carbonyl (C=O) groups is 2. The van der Waals surface area contributed by atoms with Crippen LogP contribution < -0.4 is 16.4 Å². The Labute approximate surface area is 131 Å². The van der Waals surface area contributed by atoms with Crippen LogP contribution in [-0.4, -0.2) is 11.9 Å². The first-order valence-electron chi connectivity index (χ1n) is 6.79. The van der Waals surface area contributed by atoms with Crippen molar-refractivity contribution in [2.45, 2.75) is 13.0 Å². The van der Waals surface area contributed by atoms with Gasteiger partial charge in [-0.3, -0.25) is 4.79 Å². The highest BCUT2D eigenvalue weighted by molar-refractivity contribution is 5.94. The summed E-state index contributed by atoms with van der Waals surface area (Å²) in [6, 6.07) is 8.62. The molecule has 0 unspecified atom stereocenters. The summed E-state index contributed by atoms with van der Waals surface area (Å²) >= 11 is 0. The fourth-order valence-corrected chi connectivity index (χ4v) is 2.00. The van der Waals surface area contributed by atoms with E-state index in [4.69, 9.17) is 5.73 Å². The van der Waals surface area contributed by atoms with Gasteiger partial charge < -0.3 is 16.4 Å². The lowest BCUT2D eigenvalue weighted by atomic mass is 10.1. The quantitative estimate of drug-likeness (QED) is 0.809. The van der Waals surface area contributed by atoms with Gasteiger partial charge in [0.1, 0.15) is 0 Å². The fourth-order valence-electron chi connectivity index (χ4n) is 2.00. The van der Waals surface area contributed by atoms with E-state index < -0.39 is 23.6 Å². The summed E-state index contributed by atoms with van der Waals surface area (Å²) in [6.07, 6.45) is 0. The van der Waals surface area contributed by atoms with E-state index in [0.717, 1.165) is 17.7 Å². The molecule has 5 nitrogen and oxygen atoms in total. The Hall–Kier alpha value is -2.96. The van der Waals surface area contributed by atoms with Crippen LogP contribution in [0.1, 0.15) is 28.9 Å². The Morgan fingerprint density at radius 2 is 1.70 bits per heavy atom. The number of rotatable bonds is 4. The third-order valence-corrected chi connectivity index (χ3v) is 3.21. The maximum atomic E-state index is 13.1. The molecule has 1 atom stereocenters. The van der Waals surface area contributed by atoms with Crippen LogP contribution in [0.3, 0.4) is 0 Å². The van der Waals surface area contributed by atoms with E-state index >= 15 is 0 Å². The van der Waals surface area contributed by atoms with E-state index in [1.54, 1.807) is 31.2 Å². The monoisotopic (exact) mass is 319 g/mol. The summed E-state index contributed by atoms with van der Waals surface area (Å²) < 4.78 is 26.0. The zero-order chi connectivity index (χ0) is 17.0. The number of urea groups is 1. The molecule has 0 bridgehead atoms. The molecule has 0 aromatic heterocycles. The number of halogens is 2. The van der Waals surface area contributed by atoms with Crippen molar-refractivity contribution in [3.05, 3.63) is 65.2 Å². The van der Waals surface area contributed by atoms with Crippen LogP contribution in [0.25, 0.3) is 0 Å². The molecule has 0 aliphatic rings. The largest absolute Gasteiger partial charge is 0.351 e. The third kappa shape index (κ3) is 4.26. The minimum atomic E-state index is -1.08. The summed E-state index contributed by atoms with van der Waals surface area (Å²) in [6.45, 7) is 1.74. The number of nitrogens with one attached hydrogen (secondary N) is 2. The van der Waals surface area contributed by atoms with Gasteiger partial charge in [0.05, 0.1) is 6.04 Å². The number of anilines is 1. The molecule has 0 saturated heterocycles. The van der Waals surface area contributed by atoms with Gasteiger partial charge in [-0.1, -0.05) is 12.1 Å². The summed E-state index contributed by atoms with van der Waals surface area (Å²) in [5.74, 6) is -2.60. The number of nitrogens with two attached hydrogens (primary N) is 1. The predicted octanol–water partition coefficient (Wildman–Crippen LogP) is 2.95. The predicted molar refractivity (Wildman–Crippen MR) is 81.9 cm³/mol. The van der Waals surface area contributed by atoms with Gasteiger partial charge in [-0.2, -0.15) is 0 Å². The van der Waals surface area contributed by atoms with Crippen molar-refractivity contribution >= 4 is 17.6 Å². The molecule has 2 aromatic rings. The Morgan fingerprint density at radius 1 is 1.04 bits per heavy atom. The molecule has 4 N–H and O–H groups in total. The minimum absolute atomic E-state index is 0.0303. The molecule has 0 radical (unpaired) electrons. The van der Waals surface area contributed by atoms with Crippen LogP contribution in [0.5, 0.6) is 0 Å². The van der Waals surface area contributed by atoms with Gasteiger partial charge in [0.25, 0.3) is 5.91 Å². The van der Waals surface area contributed by atoms with E-state index in [2.05, 4.69) is 10.6 Å².